The molecule has 1 aromatic carbocycles. The minimum absolute atomic E-state index is 0.0286. The molecule has 1 heterocycles. The highest BCUT2D eigenvalue weighted by Gasteiger charge is 2.08. The molecule has 5 heteroatoms. The lowest BCUT2D eigenvalue weighted by atomic mass is 10.2. The van der Waals surface area contributed by atoms with Crippen molar-refractivity contribution >= 4 is 17.3 Å². The molecule has 0 aliphatic carbocycles. The van der Waals surface area contributed by atoms with Crippen molar-refractivity contribution in [2.24, 2.45) is 0 Å². The molecule has 2 rings (SSSR count). The minimum Gasteiger partial charge on any atom is -0.491 e. The van der Waals surface area contributed by atoms with Gasteiger partial charge in [0, 0.05) is 10.9 Å². The Morgan fingerprint density at radius 1 is 1.37 bits per heavy atom. The largest absolute Gasteiger partial charge is 0.491 e. The lowest BCUT2D eigenvalue weighted by Crippen LogP contribution is -2.05. The molecule has 0 amide bonds. The Labute approximate surface area is 115 Å². The van der Waals surface area contributed by atoms with Crippen LogP contribution in [0.25, 0.3) is 11.3 Å². The molecular weight excluding hydrogens is 262 g/mol. The molecule has 4 nitrogen and oxygen atoms in total. The van der Waals surface area contributed by atoms with Gasteiger partial charge in [-0.3, -0.25) is 4.79 Å². The maximum Gasteiger partial charge on any atom is 0.310 e. The van der Waals surface area contributed by atoms with Crippen LogP contribution in [0.5, 0.6) is 5.75 Å². The Balaban J connectivity index is 2.13. The van der Waals surface area contributed by atoms with Crippen molar-refractivity contribution in [2.75, 3.05) is 0 Å². The van der Waals surface area contributed by atoms with Gasteiger partial charge in [0.25, 0.3) is 0 Å². The van der Waals surface area contributed by atoms with Crippen molar-refractivity contribution in [2.45, 2.75) is 26.4 Å². The van der Waals surface area contributed by atoms with Gasteiger partial charge in [0.2, 0.25) is 0 Å². The molecule has 0 fully saturated rings. The first-order chi connectivity index (χ1) is 9.04. The van der Waals surface area contributed by atoms with Gasteiger partial charge in [-0.2, -0.15) is 0 Å². The van der Waals surface area contributed by atoms with E-state index in [-0.39, 0.29) is 12.5 Å². The number of ether oxygens (including phenoxy) is 1. The van der Waals surface area contributed by atoms with Crippen molar-refractivity contribution in [3.8, 4) is 17.0 Å². The van der Waals surface area contributed by atoms with Crippen LogP contribution in [0.3, 0.4) is 0 Å². The highest BCUT2D eigenvalue weighted by atomic mass is 32.1. The Morgan fingerprint density at radius 2 is 2.05 bits per heavy atom. The monoisotopic (exact) mass is 277 g/mol. The summed E-state index contributed by atoms with van der Waals surface area (Å²) in [5.41, 5.74) is 1.77. The van der Waals surface area contributed by atoms with Gasteiger partial charge in [0.15, 0.2) is 0 Å². The van der Waals surface area contributed by atoms with Gasteiger partial charge in [-0.15, -0.1) is 11.3 Å². The highest BCUT2D eigenvalue weighted by molar-refractivity contribution is 7.10. The number of aromatic nitrogens is 1. The summed E-state index contributed by atoms with van der Waals surface area (Å²) in [6.45, 7) is 3.96. The van der Waals surface area contributed by atoms with E-state index >= 15 is 0 Å². The van der Waals surface area contributed by atoms with Crippen LogP contribution in [0.1, 0.15) is 18.9 Å². The molecule has 0 radical (unpaired) electrons. The number of hydrogen-bond acceptors (Lipinski definition) is 4. The predicted octanol–water partition coefficient (Wildman–Crippen LogP) is 3.22. The number of aliphatic carboxylic acids is 1. The molecule has 0 unspecified atom stereocenters. The summed E-state index contributed by atoms with van der Waals surface area (Å²) in [5, 5.41) is 11.2. The van der Waals surface area contributed by atoms with Gasteiger partial charge in [0.05, 0.1) is 18.2 Å². The standard InChI is InChI=1S/C14H15NO3S/c1-9(2)18-11-5-3-10(4-6-11)12-8-19-13(15-12)7-14(16)17/h3-6,8-9H,7H2,1-2H3,(H,16,17). The van der Waals surface area contributed by atoms with Crippen molar-refractivity contribution in [3.63, 3.8) is 0 Å². The third kappa shape index (κ3) is 3.79. The third-order valence-corrected chi connectivity index (χ3v) is 3.22. The number of thiazole rings is 1. The van der Waals surface area contributed by atoms with Crippen LogP contribution >= 0.6 is 11.3 Å². The summed E-state index contributed by atoms with van der Waals surface area (Å²) in [6, 6.07) is 7.64. The second-order valence-corrected chi connectivity index (χ2v) is 5.33. The van der Waals surface area contributed by atoms with Crippen molar-refractivity contribution in [3.05, 3.63) is 34.7 Å². The topological polar surface area (TPSA) is 59.4 Å². The molecule has 0 spiro atoms. The molecule has 0 saturated heterocycles. The lowest BCUT2D eigenvalue weighted by Gasteiger charge is -2.09. The van der Waals surface area contributed by atoms with Crippen LogP contribution < -0.4 is 4.74 Å². The first-order valence-electron chi connectivity index (χ1n) is 5.98. The average Bonchev–Trinajstić information content (AvgIpc) is 2.76. The van der Waals surface area contributed by atoms with Crippen molar-refractivity contribution in [1.29, 1.82) is 0 Å². The summed E-state index contributed by atoms with van der Waals surface area (Å²) in [4.78, 5) is 14.9. The van der Waals surface area contributed by atoms with Gasteiger partial charge < -0.3 is 9.84 Å². The van der Waals surface area contributed by atoms with Gasteiger partial charge in [-0.25, -0.2) is 4.98 Å². The fourth-order valence-electron chi connectivity index (χ4n) is 1.63. The summed E-state index contributed by atoms with van der Waals surface area (Å²) in [7, 11) is 0. The fourth-order valence-corrected chi connectivity index (χ4v) is 2.42. The van der Waals surface area contributed by atoms with Gasteiger partial charge in [-0.05, 0) is 38.1 Å². The van der Waals surface area contributed by atoms with Gasteiger partial charge in [0.1, 0.15) is 10.8 Å². The maximum absolute atomic E-state index is 10.6. The number of benzene rings is 1. The van der Waals surface area contributed by atoms with Crippen molar-refractivity contribution < 1.29 is 14.6 Å². The first kappa shape index (κ1) is 13.5. The van der Waals surface area contributed by atoms with E-state index in [2.05, 4.69) is 4.98 Å². The zero-order chi connectivity index (χ0) is 13.8. The highest BCUT2D eigenvalue weighted by Crippen LogP contribution is 2.24. The molecule has 0 bridgehead atoms. The molecular formula is C14H15NO3S. The van der Waals surface area contributed by atoms with E-state index in [0.717, 1.165) is 17.0 Å². The number of rotatable bonds is 5. The van der Waals surface area contributed by atoms with Crippen LogP contribution in [0.15, 0.2) is 29.6 Å². The number of carbonyl (C=O) groups is 1. The molecule has 100 valence electrons. The molecule has 1 N–H and O–H groups in total. The number of carboxylic acids is 1. The van der Waals surface area contributed by atoms with E-state index in [1.54, 1.807) is 0 Å². The minimum atomic E-state index is -0.860. The summed E-state index contributed by atoms with van der Waals surface area (Å²) in [5.74, 6) is -0.0404. The number of nitrogens with zero attached hydrogens (tertiary/aromatic N) is 1. The molecule has 0 aliphatic heterocycles. The maximum atomic E-state index is 10.6. The van der Waals surface area contributed by atoms with Crippen LogP contribution in [0.4, 0.5) is 0 Å². The van der Waals surface area contributed by atoms with Crippen LogP contribution in [-0.2, 0) is 11.2 Å². The lowest BCUT2D eigenvalue weighted by molar-refractivity contribution is -0.136. The van der Waals surface area contributed by atoms with E-state index in [1.807, 2.05) is 43.5 Å². The molecule has 0 atom stereocenters. The van der Waals surface area contributed by atoms with Gasteiger partial charge >= 0.3 is 5.97 Å². The van der Waals surface area contributed by atoms with Crippen LogP contribution in [-0.4, -0.2) is 22.2 Å². The summed E-state index contributed by atoms with van der Waals surface area (Å²) >= 11 is 1.36. The molecule has 19 heavy (non-hydrogen) atoms. The Bertz CT molecular complexity index is 560. The second-order valence-electron chi connectivity index (χ2n) is 4.39. The summed E-state index contributed by atoms with van der Waals surface area (Å²) in [6.07, 6.45) is 0.117. The molecule has 2 aromatic rings. The van der Waals surface area contributed by atoms with E-state index in [1.165, 1.54) is 11.3 Å². The average molecular weight is 277 g/mol. The zero-order valence-corrected chi connectivity index (χ0v) is 11.6. The normalized spacial score (nSPS) is 10.7. The third-order valence-electron chi connectivity index (χ3n) is 2.38. The predicted molar refractivity (Wildman–Crippen MR) is 74.7 cm³/mol. The first-order valence-corrected chi connectivity index (χ1v) is 6.86. The second kappa shape index (κ2) is 5.84. The Kier molecular flexibility index (Phi) is 4.16. The Hall–Kier alpha value is -1.88. The Morgan fingerprint density at radius 3 is 2.63 bits per heavy atom. The van der Waals surface area contributed by atoms with Crippen LogP contribution in [0.2, 0.25) is 0 Å². The molecule has 0 aliphatic rings. The molecule has 1 aromatic heterocycles. The summed E-state index contributed by atoms with van der Waals surface area (Å²) < 4.78 is 5.57. The number of hydrogen-bond donors (Lipinski definition) is 1. The quantitative estimate of drug-likeness (QED) is 0.911. The molecule has 0 saturated carbocycles. The van der Waals surface area contributed by atoms with Gasteiger partial charge in [-0.1, -0.05) is 0 Å². The van der Waals surface area contributed by atoms with E-state index in [4.69, 9.17) is 9.84 Å². The van der Waals surface area contributed by atoms with Crippen molar-refractivity contribution in [1.82, 2.24) is 4.98 Å². The zero-order valence-electron chi connectivity index (χ0n) is 10.8. The fraction of sp³-hybridized carbons (Fsp3) is 0.286. The van der Waals surface area contributed by atoms with E-state index in [9.17, 15) is 4.79 Å². The van der Waals surface area contributed by atoms with Crippen LogP contribution in [0, 0.1) is 0 Å². The van der Waals surface area contributed by atoms with E-state index < -0.39 is 5.97 Å². The van der Waals surface area contributed by atoms with E-state index in [0.29, 0.717) is 5.01 Å². The smallest absolute Gasteiger partial charge is 0.310 e. The number of carboxylic acid groups (broad SMARTS) is 1. The SMILES string of the molecule is CC(C)Oc1ccc(-c2csc(CC(=O)O)n2)cc1.